The van der Waals surface area contributed by atoms with Crippen molar-refractivity contribution in [1.82, 2.24) is 0 Å². The van der Waals surface area contributed by atoms with Crippen LogP contribution >= 0.6 is 7.92 Å². The van der Waals surface area contributed by atoms with Gasteiger partial charge in [0.2, 0.25) is 0 Å². The van der Waals surface area contributed by atoms with Gasteiger partial charge in [0.25, 0.3) is 0 Å². The molecule has 0 aliphatic heterocycles. The van der Waals surface area contributed by atoms with Gasteiger partial charge in [0.1, 0.15) is 6.04 Å². The summed E-state index contributed by atoms with van der Waals surface area (Å²) in [6.07, 6.45) is 12.1. The number of aliphatic hydroxyl groups excluding tert-OH is 1. The molecule has 0 spiro atoms. The number of carboxylic acid groups (broad SMARTS) is 1. The van der Waals surface area contributed by atoms with E-state index in [9.17, 15) is 9.90 Å². The largest absolute Gasteiger partial charge is 0.480 e. The van der Waals surface area contributed by atoms with Crippen LogP contribution in [-0.2, 0) is 4.79 Å². The van der Waals surface area contributed by atoms with E-state index in [1.165, 1.54) is 38.5 Å². The Morgan fingerprint density at radius 1 is 0.950 bits per heavy atom. The summed E-state index contributed by atoms with van der Waals surface area (Å²) in [4.78, 5) is 11.1. The third-order valence-electron chi connectivity index (χ3n) is 4.90. The first-order valence-corrected chi connectivity index (χ1v) is 9.60. The van der Waals surface area contributed by atoms with Gasteiger partial charge in [-0.05, 0) is 37.0 Å². The SMILES string of the molecule is N[C@H](C(=O)O)C(O)P(C1CCCCC1)C1CCCCC1. The number of hydrogen-bond acceptors (Lipinski definition) is 3. The third kappa shape index (κ3) is 3.93. The van der Waals surface area contributed by atoms with E-state index in [4.69, 9.17) is 10.8 Å². The molecule has 4 N–H and O–H groups in total. The third-order valence-corrected chi connectivity index (χ3v) is 8.56. The van der Waals surface area contributed by atoms with Crippen molar-refractivity contribution in [2.24, 2.45) is 5.73 Å². The van der Waals surface area contributed by atoms with E-state index in [-0.39, 0.29) is 0 Å². The molecule has 0 heterocycles. The average Bonchev–Trinajstić information content (AvgIpc) is 2.48. The lowest BCUT2D eigenvalue weighted by Gasteiger charge is -2.41. The summed E-state index contributed by atoms with van der Waals surface area (Å²) < 4.78 is 0. The highest BCUT2D eigenvalue weighted by Crippen LogP contribution is 2.58. The van der Waals surface area contributed by atoms with Crippen molar-refractivity contribution in [3.8, 4) is 0 Å². The van der Waals surface area contributed by atoms with E-state index in [0.29, 0.717) is 11.3 Å². The van der Waals surface area contributed by atoms with Gasteiger partial charge in [-0.15, -0.1) is 0 Å². The van der Waals surface area contributed by atoms with Crippen molar-refractivity contribution in [3.63, 3.8) is 0 Å². The molecule has 2 aliphatic rings. The van der Waals surface area contributed by atoms with Gasteiger partial charge in [0.15, 0.2) is 0 Å². The van der Waals surface area contributed by atoms with Crippen LogP contribution in [0.25, 0.3) is 0 Å². The van der Waals surface area contributed by atoms with Crippen molar-refractivity contribution < 1.29 is 15.0 Å². The normalized spacial score (nSPS) is 25.6. The number of hydrogen-bond donors (Lipinski definition) is 3. The molecule has 0 radical (unpaired) electrons. The van der Waals surface area contributed by atoms with Crippen LogP contribution in [0.3, 0.4) is 0 Å². The molecule has 116 valence electrons. The molecule has 0 bridgehead atoms. The minimum Gasteiger partial charge on any atom is -0.480 e. The minimum atomic E-state index is -1.11. The van der Waals surface area contributed by atoms with Gasteiger partial charge in [-0.25, -0.2) is 0 Å². The highest BCUT2D eigenvalue weighted by molar-refractivity contribution is 7.59. The first kappa shape index (κ1) is 16.2. The Morgan fingerprint density at radius 2 is 1.35 bits per heavy atom. The molecule has 2 atom stereocenters. The standard InChI is InChI=1S/C15H28NO3P/c16-13(14(17)18)15(19)20(11-7-3-1-4-8-11)12-9-5-2-6-10-12/h11-13,15,19H,1-10,16H2,(H,17,18)/t13-,15?/m1/s1. The van der Waals surface area contributed by atoms with Crippen LogP contribution in [0.1, 0.15) is 64.2 Å². The second-order valence-corrected chi connectivity index (χ2v) is 9.19. The lowest BCUT2D eigenvalue weighted by Crippen LogP contribution is -2.44. The fourth-order valence-corrected chi connectivity index (χ4v) is 7.68. The van der Waals surface area contributed by atoms with Gasteiger partial charge in [-0.3, -0.25) is 4.79 Å². The zero-order valence-corrected chi connectivity index (χ0v) is 13.1. The van der Waals surface area contributed by atoms with Crippen LogP contribution in [-0.4, -0.2) is 39.4 Å². The molecule has 5 heteroatoms. The quantitative estimate of drug-likeness (QED) is 0.682. The molecule has 0 amide bonds. The van der Waals surface area contributed by atoms with E-state index in [0.717, 1.165) is 25.7 Å². The molecule has 2 saturated carbocycles. The number of rotatable bonds is 5. The summed E-state index contributed by atoms with van der Waals surface area (Å²) in [5.41, 5.74) is 6.80. The van der Waals surface area contributed by atoms with Gasteiger partial charge in [-0.1, -0.05) is 46.4 Å². The summed E-state index contributed by atoms with van der Waals surface area (Å²) in [7, 11) is -0.680. The first-order valence-electron chi connectivity index (χ1n) is 8.05. The van der Waals surface area contributed by atoms with E-state index >= 15 is 0 Å². The molecule has 0 aromatic heterocycles. The highest BCUT2D eigenvalue weighted by Gasteiger charge is 2.39. The lowest BCUT2D eigenvalue weighted by atomic mass is 9.99. The lowest BCUT2D eigenvalue weighted by molar-refractivity contribution is -0.139. The molecule has 2 rings (SSSR count). The van der Waals surface area contributed by atoms with Crippen molar-refractivity contribution in [1.29, 1.82) is 0 Å². The summed E-state index contributed by atoms with van der Waals surface area (Å²) in [6, 6.07) is -1.11. The predicted molar refractivity (Wildman–Crippen MR) is 82.3 cm³/mol. The maximum atomic E-state index is 11.1. The fraction of sp³-hybridized carbons (Fsp3) is 0.933. The first-order chi connectivity index (χ1) is 9.61. The summed E-state index contributed by atoms with van der Waals surface area (Å²) in [5.74, 6) is -1.88. The Hall–Kier alpha value is -0.180. The van der Waals surface area contributed by atoms with Crippen molar-refractivity contribution in [3.05, 3.63) is 0 Å². The van der Waals surface area contributed by atoms with Crippen LogP contribution < -0.4 is 5.73 Å². The van der Waals surface area contributed by atoms with Crippen molar-refractivity contribution in [2.75, 3.05) is 0 Å². The van der Waals surface area contributed by atoms with Crippen molar-refractivity contribution in [2.45, 2.75) is 87.4 Å². The Morgan fingerprint density at radius 3 is 1.70 bits per heavy atom. The number of carbonyl (C=O) groups is 1. The van der Waals surface area contributed by atoms with E-state index in [2.05, 4.69) is 0 Å². The zero-order valence-electron chi connectivity index (χ0n) is 12.2. The number of carboxylic acids is 1. The molecule has 1 unspecified atom stereocenters. The van der Waals surface area contributed by atoms with Gasteiger partial charge in [0, 0.05) is 0 Å². The molecular weight excluding hydrogens is 273 g/mol. The van der Waals surface area contributed by atoms with Gasteiger partial charge in [-0.2, -0.15) is 0 Å². The van der Waals surface area contributed by atoms with E-state index in [1.807, 2.05) is 0 Å². The average molecular weight is 301 g/mol. The highest BCUT2D eigenvalue weighted by atomic mass is 31.1. The molecule has 0 aromatic carbocycles. The molecule has 0 aromatic rings. The Balaban J connectivity index is 2.11. The maximum absolute atomic E-state index is 11.1. The van der Waals surface area contributed by atoms with E-state index < -0.39 is 25.8 Å². The molecule has 0 saturated heterocycles. The Kier molecular flexibility index (Phi) is 6.25. The van der Waals surface area contributed by atoms with Gasteiger partial charge in [0.05, 0.1) is 5.85 Å². The van der Waals surface area contributed by atoms with Crippen LogP contribution in [0, 0.1) is 0 Å². The fourth-order valence-electron chi connectivity index (χ4n) is 3.80. The number of nitrogens with two attached hydrogens (primary N) is 1. The summed E-state index contributed by atoms with van der Waals surface area (Å²) in [5, 5.41) is 19.7. The molecular formula is C15H28NO3P. The smallest absolute Gasteiger partial charge is 0.323 e. The Bertz CT molecular complexity index is 296. The second kappa shape index (κ2) is 7.72. The van der Waals surface area contributed by atoms with Gasteiger partial charge >= 0.3 is 5.97 Å². The number of aliphatic hydroxyl groups is 1. The van der Waals surface area contributed by atoms with Crippen molar-refractivity contribution >= 4 is 13.9 Å². The predicted octanol–water partition coefficient (Wildman–Crippen LogP) is 2.86. The molecule has 20 heavy (non-hydrogen) atoms. The van der Waals surface area contributed by atoms with Crippen LogP contribution in [0.5, 0.6) is 0 Å². The second-order valence-electron chi connectivity index (χ2n) is 6.31. The van der Waals surface area contributed by atoms with Crippen LogP contribution in [0.15, 0.2) is 0 Å². The molecule has 2 aliphatic carbocycles. The minimum absolute atomic E-state index is 0.530. The maximum Gasteiger partial charge on any atom is 0.323 e. The van der Waals surface area contributed by atoms with E-state index in [1.54, 1.807) is 0 Å². The number of aliphatic carboxylic acids is 1. The summed E-state index contributed by atoms with van der Waals surface area (Å²) >= 11 is 0. The zero-order chi connectivity index (χ0) is 14.5. The van der Waals surface area contributed by atoms with Crippen LogP contribution in [0.2, 0.25) is 0 Å². The monoisotopic (exact) mass is 301 g/mol. The molecule has 2 fully saturated rings. The van der Waals surface area contributed by atoms with Crippen LogP contribution in [0.4, 0.5) is 0 Å². The Labute approximate surface area is 122 Å². The molecule has 4 nitrogen and oxygen atoms in total. The topological polar surface area (TPSA) is 83.6 Å². The van der Waals surface area contributed by atoms with Gasteiger partial charge < -0.3 is 15.9 Å². The summed E-state index contributed by atoms with van der Waals surface area (Å²) in [6.45, 7) is 0.